The number of aromatic nitrogens is 1. The topological polar surface area (TPSA) is 80.8 Å². The molecule has 4 rings (SSSR count). The Morgan fingerprint density at radius 2 is 1.94 bits per heavy atom. The molecule has 158 valence electrons. The first kappa shape index (κ1) is 20.4. The normalized spacial score (nSPS) is 14.8. The van der Waals surface area contributed by atoms with Gasteiger partial charge in [0.2, 0.25) is 5.91 Å². The van der Waals surface area contributed by atoms with Crippen LogP contribution in [0.5, 0.6) is 11.5 Å². The van der Waals surface area contributed by atoms with Crippen molar-refractivity contribution >= 4 is 11.8 Å². The van der Waals surface area contributed by atoms with Crippen LogP contribution in [0.15, 0.2) is 67.0 Å². The number of amides is 2. The van der Waals surface area contributed by atoms with Gasteiger partial charge in [0.25, 0.3) is 5.91 Å². The first-order valence-electron chi connectivity index (χ1n) is 9.89. The number of rotatable bonds is 7. The summed E-state index contributed by atoms with van der Waals surface area (Å²) in [6.07, 6.45) is 3.38. The van der Waals surface area contributed by atoms with Crippen molar-refractivity contribution in [2.24, 2.45) is 0 Å². The highest BCUT2D eigenvalue weighted by Gasteiger charge is 2.41. The highest BCUT2D eigenvalue weighted by molar-refractivity contribution is 6.04. The van der Waals surface area contributed by atoms with Gasteiger partial charge in [-0.25, -0.2) is 0 Å². The average Bonchev–Trinajstić information content (AvgIpc) is 3.10. The van der Waals surface area contributed by atoms with Gasteiger partial charge in [0.15, 0.2) is 0 Å². The van der Waals surface area contributed by atoms with E-state index in [-0.39, 0.29) is 18.4 Å². The molecule has 0 unspecified atom stereocenters. The molecule has 0 aliphatic carbocycles. The van der Waals surface area contributed by atoms with Gasteiger partial charge in [0, 0.05) is 36.1 Å². The van der Waals surface area contributed by atoms with E-state index in [0.29, 0.717) is 29.2 Å². The smallest absolute Gasteiger partial charge is 0.255 e. The maximum Gasteiger partial charge on any atom is 0.255 e. The zero-order valence-electron chi connectivity index (χ0n) is 17.4. The van der Waals surface area contributed by atoms with Crippen LogP contribution in [-0.2, 0) is 17.9 Å². The molecule has 3 aromatic rings. The number of fused-ring (bicyclic) bond motifs is 1. The molecule has 0 spiro atoms. The minimum atomic E-state index is -0.729. The van der Waals surface area contributed by atoms with Crippen LogP contribution in [0.2, 0.25) is 0 Å². The molecule has 1 aliphatic rings. The lowest BCUT2D eigenvalue weighted by Gasteiger charge is -2.25. The van der Waals surface area contributed by atoms with E-state index in [2.05, 4.69) is 10.3 Å². The number of methoxy groups -OCH3 is 2. The van der Waals surface area contributed by atoms with Crippen molar-refractivity contribution in [1.82, 2.24) is 15.2 Å². The van der Waals surface area contributed by atoms with Crippen molar-refractivity contribution in [3.63, 3.8) is 0 Å². The number of carbonyl (C=O) groups is 2. The van der Waals surface area contributed by atoms with Crippen LogP contribution >= 0.6 is 0 Å². The van der Waals surface area contributed by atoms with E-state index in [4.69, 9.17) is 9.47 Å². The summed E-state index contributed by atoms with van der Waals surface area (Å²) in [5, 5.41) is 2.94. The quantitative estimate of drug-likeness (QED) is 0.639. The fourth-order valence-electron chi connectivity index (χ4n) is 3.77. The van der Waals surface area contributed by atoms with E-state index in [1.54, 1.807) is 49.7 Å². The Hall–Kier alpha value is -3.87. The molecule has 7 nitrogen and oxygen atoms in total. The molecule has 1 aromatic heterocycles. The SMILES string of the molecule is COc1ccc(CN2C(=O)c3ccccc3[C@@H]2C(=O)NCc2cccnc2)c(OC)c1. The number of benzene rings is 2. The van der Waals surface area contributed by atoms with E-state index in [0.717, 1.165) is 11.1 Å². The van der Waals surface area contributed by atoms with Crippen LogP contribution in [0.1, 0.15) is 33.1 Å². The molecule has 2 amide bonds. The maximum atomic E-state index is 13.2. The Morgan fingerprint density at radius 3 is 2.68 bits per heavy atom. The number of hydrogen-bond acceptors (Lipinski definition) is 5. The zero-order valence-corrected chi connectivity index (χ0v) is 17.4. The summed E-state index contributed by atoms with van der Waals surface area (Å²) in [6, 6.07) is 15.6. The molecule has 0 fully saturated rings. The Balaban J connectivity index is 1.62. The van der Waals surface area contributed by atoms with Gasteiger partial charge in [-0.2, -0.15) is 0 Å². The Morgan fingerprint density at radius 1 is 1.10 bits per heavy atom. The number of hydrogen-bond donors (Lipinski definition) is 1. The first-order valence-corrected chi connectivity index (χ1v) is 9.89. The number of ether oxygens (including phenoxy) is 2. The molecule has 7 heteroatoms. The van der Waals surface area contributed by atoms with Gasteiger partial charge in [-0.05, 0) is 35.4 Å². The summed E-state index contributed by atoms with van der Waals surface area (Å²) in [6.45, 7) is 0.560. The lowest BCUT2D eigenvalue weighted by Crippen LogP contribution is -2.38. The van der Waals surface area contributed by atoms with Crippen molar-refractivity contribution in [2.75, 3.05) is 14.2 Å². The van der Waals surface area contributed by atoms with E-state index < -0.39 is 6.04 Å². The van der Waals surface area contributed by atoms with E-state index in [9.17, 15) is 9.59 Å². The first-order chi connectivity index (χ1) is 15.1. The van der Waals surface area contributed by atoms with Gasteiger partial charge in [-0.3, -0.25) is 14.6 Å². The molecule has 1 N–H and O–H groups in total. The Labute approximate surface area is 180 Å². The predicted molar refractivity (Wildman–Crippen MR) is 115 cm³/mol. The standard InChI is InChI=1S/C24H23N3O4/c1-30-18-10-9-17(21(12-18)31-2)15-27-22(19-7-3-4-8-20(19)24(27)29)23(28)26-14-16-6-5-11-25-13-16/h3-13,22H,14-15H2,1-2H3,(H,26,28)/t22-/m1/s1. The molecule has 0 saturated heterocycles. The number of carbonyl (C=O) groups excluding carboxylic acids is 2. The summed E-state index contributed by atoms with van der Waals surface area (Å²) < 4.78 is 10.7. The molecular formula is C24H23N3O4. The Bertz CT molecular complexity index is 1100. The van der Waals surface area contributed by atoms with Crippen molar-refractivity contribution in [3.8, 4) is 11.5 Å². The second-order valence-corrected chi connectivity index (χ2v) is 7.18. The Kier molecular flexibility index (Phi) is 5.84. The van der Waals surface area contributed by atoms with Gasteiger partial charge >= 0.3 is 0 Å². The predicted octanol–water partition coefficient (Wildman–Crippen LogP) is 3.11. The maximum absolute atomic E-state index is 13.2. The van der Waals surface area contributed by atoms with Crippen LogP contribution in [-0.4, -0.2) is 35.9 Å². The van der Waals surface area contributed by atoms with Crippen molar-refractivity contribution < 1.29 is 19.1 Å². The average molecular weight is 417 g/mol. The molecule has 0 saturated carbocycles. The third-order valence-electron chi connectivity index (χ3n) is 5.33. The minimum Gasteiger partial charge on any atom is -0.497 e. The van der Waals surface area contributed by atoms with Crippen molar-refractivity contribution in [2.45, 2.75) is 19.1 Å². The van der Waals surface area contributed by atoms with E-state index in [1.807, 2.05) is 36.4 Å². The molecule has 1 aliphatic heterocycles. The van der Waals surface area contributed by atoms with Gasteiger partial charge in [0.1, 0.15) is 17.5 Å². The second kappa shape index (κ2) is 8.87. The van der Waals surface area contributed by atoms with Gasteiger partial charge in [0.05, 0.1) is 20.8 Å². The highest BCUT2D eigenvalue weighted by Crippen LogP contribution is 2.36. The lowest BCUT2D eigenvalue weighted by molar-refractivity contribution is -0.125. The van der Waals surface area contributed by atoms with Crippen molar-refractivity contribution in [3.05, 3.63) is 89.2 Å². The number of nitrogens with one attached hydrogen (secondary N) is 1. The number of pyridine rings is 1. The van der Waals surface area contributed by atoms with Gasteiger partial charge < -0.3 is 19.7 Å². The third-order valence-corrected chi connectivity index (χ3v) is 5.33. The largest absolute Gasteiger partial charge is 0.497 e. The van der Waals surface area contributed by atoms with Crippen LogP contribution in [0.3, 0.4) is 0 Å². The molecule has 0 bridgehead atoms. The van der Waals surface area contributed by atoms with E-state index in [1.165, 1.54) is 0 Å². The summed E-state index contributed by atoms with van der Waals surface area (Å²) in [7, 11) is 3.15. The molecule has 2 heterocycles. The zero-order chi connectivity index (χ0) is 21.8. The van der Waals surface area contributed by atoms with Gasteiger partial charge in [-0.15, -0.1) is 0 Å². The minimum absolute atomic E-state index is 0.185. The lowest BCUT2D eigenvalue weighted by atomic mass is 10.0. The molecule has 1 atom stereocenters. The van der Waals surface area contributed by atoms with Crippen LogP contribution < -0.4 is 14.8 Å². The third kappa shape index (κ3) is 4.07. The van der Waals surface area contributed by atoms with E-state index >= 15 is 0 Å². The molecule has 0 radical (unpaired) electrons. The van der Waals surface area contributed by atoms with Crippen LogP contribution in [0.25, 0.3) is 0 Å². The molecule has 31 heavy (non-hydrogen) atoms. The van der Waals surface area contributed by atoms with Crippen molar-refractivity contribution in [1.29, 1.82) is 0 Å². The fraction of sp³-hybridized carbons (Fsp3) is 0.208. The fourth-order valence-corrected chi connectivity index (χ4v) is 3.77. The second-order valence-electron chi connectivity index (χ2n) is 7.18. The van der Waals surface area contributed by atoms with Crippen LogP contribution in [0.4, 0.5) is 0 Å². The number of nitrogens with zero attached hydrogens (tertiary/aromatic N) is 2. The van der Waals surface area contributed by atoms with Gasteiger partial charge in [-0.1, -0.05) is 24.3 Å². The summed E-state index contributed by atoms with van der Waals surface area (Å²) in [5.41, 5.74) is 2.91. The van der Waals surface area contributed by atoms with Crippen LogP contribution in [0, 0.1) is 0 Å². The summed E-state index contributed by atoms with van der Waals surface area (Å²) in [4.78, 5) is 32.0. The molecular weight excluding hydrogens is 394 g/mol. The summed E-state index contributed by atoms with van der Waals surface area (Å²) >= 11 is 0. The highest BCUT2D eigenvalue weighted by atomic mass is 16.5. The summed E-state index contributed by atoms with van der Waals surface area (Å²) in [5.74, 6) is 0.824. The molecule has 2 aromatic carbocycles. The monoisotopic (exact) mass is 417 g/mol.